The molecule has 10 heterocycles. The number of carbonyl (C=O) groups is 1. The molecule has 0 aromatic rings. The van der Waals surface area contributed by atoms with Gasteiger partial charge in [0.2, 0.25) is 0 Å². The smallest absolute Gasteiger partial charge is 0.329 e. The number of ether oxygens (including phenoxy) is 20. The van der Waals surface area contributed by atoms with Crippen molar-refractivity contribution in [1.82, 2.24) is 0 Å². The van der Waals surface area contributed by atoms with E-state index in [-0.39, 0.29) is 28.1 Å². The van der Waals surface area contributed by atoms with E-state index in [1.807, 2.05) is 0 Å². The minimum atomic E-state index is -2.08. The summed E-state index contributed by atoms with van der Waals surface area (Å²) < 4.78 is 114. The molecule has 0 saturated carbocycles. The molecule has 51 nitrogen and oxygen atoms in total. The average Bonchev–Trinajstić information content (AvgIpc) is 0.774. The molecule has 10 aliphatic rings. The van der Waals surface area contributed by atoms with E-state index in [4.69, 9.17) is 105 Å². The summed E-state index contributed by atoms with van der Waals surface area (Å²) in [6.45, 7) is -3.13. The Balaban J connectivity index is 0.000000328. The predicted octanol–water partition coefficient (Wildman–Crippen LogP) is -17.4. The van der Waals surface area contributed by atoms with E-state index in [0.717, 1.165) is 0 Å². The van der Waals surface area contributed by atoms with E-state index in [1.54, 1.807) is 6.92 Å². The third-order valence-electron chi connectivity index (χ3n) is 22.7. The van der Waals surface area contributed by atoms with Crippen molar-refractivity contribution in [1.29, 1.82) is 0 Å². The lowest BCUT2D eigenvalue weighted by molar-refractivity contribution is -0.387. The minimum absolute atomic E-state index is 0. The van der Waals surface area contributed by atoms with E-state index in [9.17, 15) is 148 Å². The van der Waals surface area contributed by atoms with Crippen molar-refractivity contribution in [2.24, 2.45) is 23.7 Å². The molecular weight excluding hydrogens is 1660 g/mol. The molecule has 10 fully saturated rings. The van der Waals surface area contributed by atoms with Crippen LogP contribution in [0.3, 0.4) is 0 Å². The molecule has 712 valence electrons. The topological polar surface area (TPSA) is 809 Å². The first-order valence-electron chi connectivity index (χ1n) is 38.7. The van der Waals surface area contributed by atoms with Crippen molar-refractivity contribution in [2.75, 3.05) is 85.9 Å². The number of aliphatic hydroxyl groups excluding tert-OH is 29. The number of hydrogen-bond donors (Lipinski definition) is 30. The molecule has 0 aromatic carbocycles. The number of rotatable bonds is 32. The zero-order valence-corrected chi connectivity index (χ0v) is 64.5. The molecule has 50 unspecified atom stereocenters. The van der Waals surface area contributed by atoms with E-state index >= 15 is 0 Å². The Bertz CT molecular complexity index is 2960. The van der Waals surface area contributed by atoms with Gasteiger partial charge < -0.3 is 248 Å². The van der Waals surface area contributed by atoms with Gasteiger partial charge in [-0.3, -0.25) is 0 Å². The van der Waals surface area contributed by atoms with Crippen molar-refractivity contribution < 1.29 is 253 Å². The fourth-order valence-corrected chi connectivity index (χ4v) is 15.2. The van der Waals surface area contributed by atoms with Crippen molar-refractivity contribution in [3.63, 3.8) is 0 Å². The van der Waals surface area contributed by atoms with E-state index in [2.05, 4.69) is 0 Å². The van der Waals surface area contributed by atoms with Crippen molar-refractivity contribution in [3.05, 3.63) is 0 Å². The Morgan fingerprint density at radius 3 is 0.736 bits per heavy atom. The second kappa shape index (κ2) is 47.4. The van der Waals surface area contributed by atoms with Crippen molar-refractivity contribution in [2.45, 2.75) is 325 Å². The Morgan fingerprint density at radius 1 is 0.231 bits per heavy atom. The van der Waals surface area contributed by atoms with Crippen molar-refractivity contribution >= 4 is 5.97 Å². The summed E-state index contributed by atoms with van der Waals surface area (Å²) in [5, 5.41) is 313. The largest absolute Gasteiger partial charge is 0.480 e. The Hall–Kier alpha value is -2.49. The molecule has 0 bridgehead atoms. The third kappa shape index (κ3) is 23.8. The third-order valence-corrected chi connectivity index (χ3v) is 22.7. The Morgan fingerprint density at radius 2 is 0.455 bits per heavy atom. The number of hydrogen-bond acceptors (Lipinski definition) is 50. The van der Waals surface area contributed by atoms with Crippen LogP contribution in [0.5, 0.6) is 0 Å². The summed E-state index contributed by atoms with van der Waals surface area (Å²) in [6.07, 6.45) is -76.5. The molecule has 0 aliphatic carbocycles. The second-order valence-corrected chi connectivity index (χ2v) is 30.7. The lowest BCUT2D eigenvalue weighted by Gasteiger charge is -2.50. The van der Waals surface area contributed by atoms with Gasteiger partial charge in [-0.1, -0.05) is 42.5 Å². The highest BCUT2D eigenvalue weighted by Gasteiger charge is 2.60. The standard InChI is InChI=1S/C34H58O26.C34H60O25.2CH4/c1-9-17(41)27(13(5-37)55-30(9)52-8-16(39)40)58-31-10(2)18(42)28(14(6-38)56-31)59-34-26(50)29(60-33-25(49)23(47)20(44)12(4-36)54-33)21(45)15(57-34)7-51-32-24(48)22(46)19(43)11(3-35)53-32;1-10-17(40)27(14(7-38)54-30(10)50-4-3-35)57-31-11(2)18(41)28(15(8-39)55-31)58-34-26(49)29(59-33-25(48)23(46)20(43)13(6-37)53-33)21(44)16(56-34)9-51-32-24(47)22(45)19(42)12(5-36)52-32;;/h9-15,17-38,41-50H,3-8H2,1-2H3,(H,39,40);10-49H,3-9H2,1-2H3;2*1H4. The minimum Gasteiger partial charge on any atom is -0.480 e. The molecular formula is C70H126O51. The Kier molecular flexibility index (Phi) is 41.3. The van der Waals surface area contributed by atoms with E-state index in [1.165, 1.54) is 20.8 Å². The summed E-state index contributed by atoms with van der Waals surface area (Å²) in [5.74, 6) is -5.04. The van der Waals surface area contributed by atoms with E-state index < -0.39 is 385 Å². The average molecular weight is 1780 g/mol. The van der Waals surface area contributed by atoms with Gasteiger partial charge in [0.15, 0.2) is 62.9 Å². The van der Waals surface area contributed by atoms with Crippen LogP contribution in [0.4, 0.5) is 0 Å². The number of aliphatic hydroxyl groups is 29. The molecule has 10 rings (SSSR count). The number of carboxylic acid groups (broad SMARTS) is 1. The lowest BCUT2D eigenvalue weighted by atomic mass is 9.90. The molecule has 30 N–H and O–H groups in total. The lowest BCUT2D eigenvalue weighted by Crippen LogP contribution is -2.67. The normalized spacial score (nSPS) is 49.9. The second-order valence-electron chi connectivity index (χ2n) is 30.7. The number of carboxylic acids is 1. The van der Waals surface area contributed by atoms with Crippen LogP contribution in [0.1, 0.15) is 42.5 Å². The van der Waals surface area contributed by atoms with Gasteiger partial charge in [-0.25, -0.2) is 4.79 Å². The van der Waals surface area contributed by atoms with Gasteiger partial charge in [0.05, 0.1) is 104 Å². The molecule has 121 heavy (non-hydrogen) atoms. The summed E-state index contributed by atoms with van der Waals surface area (Å²) >= 11 is 0. The quantitative estimate of drug-likeness (QED) is 0.0297. The van der Waals surface area contributed by atoms with E-state index in [0.29, 0.717) is 0 Å². The van der Waals surface area contributed by atoms with Gasteiger partial charge in [-0.15, -0.1) is 0 Å². The van der Waals surface area contributed by atoms with Gasteiger partial charge in [-0.2, -0.15) is 0 Å². The molecule has 50 atom stereocenters. The van der Waals surface area contributed by atoms with Crippen LogP contribution in [0.15, 0.2) is 0 Å². The molecule has 0 radical (unpaired) electrons. The summed E-state index contributed by atoms with van der Waals surface area (Å²) in [5.41, 5.74) is 0. The van der Waals surface area contributed by atoms with Gasteiger partial charge in [-0.05, 0) is 0 Å². The molecule has 10 aliphatic heterocycles. The fourth-order valence-electron chi connectivity index (χ4n) is 15.2. The van der Waals surface area contributed by atoms with Crippen LogP contribution in [-0.4, -0.2) is 528 Å². The van der Waals surface area contributed by atoms with Gasteiger partial charge >= 0.3 is 5.97 Å². The van der Waals surface area contributed by atoms with Gasteiger partial charge in [0.1, 0.15) is 202 Å². The van der Waals surface area contributed by atoms with Crippen LogP contribution in [-0.2, 0) is 99.5 Å². The first-order chi connectivity index (χ1) is 56.4. The van der Waals surface area contributed by atoms with Crippen LogP contribution < -0.4 is 0 Å². The maximum Gasteiger partial charge on any atom is 0.329 e. The monoisotopic (exact) mass is 1780 g/mol. The highest BCUT2D eigenvalue weighted by atomic mass is 16.8. The maximum absolute atomic E-state index is 11.6. The molecule has 0 amide bonds. The summed E-state index contributed by atoms with van der Waals surface area (Å²) in [7, 11) is 0. The summed E-state index contributed by atoms with van der Waals surface area (Å²) in [6, 6.07) is 0. The van der Waals surface area contributed by atoms with Crippen LogP contribution in [0, 0.1) is 23.7 Å². The maximum atomic E-state index is 11.6. The SMILES string of the molecule is C.C.CC1C(OCC(=O)O)OC(CO)C(OC2OC(CO)C(OC3OC(COC4OC(CO)C(O)C(O)C4O)C(O)C(OC4OC(CO)C(O)C(O)C4O)C3O)C(O)C2C)C1O.CC1C(OCCO)OC(CO)C(OC2OC(CO)C(OC3OC(COC4OC(CO)C(O)C(O)C4O)C(O)C(OC4OC(CO)C(O)C(O)C4O)C3O)C(O)C2C)C1O. The van der Waals surface area contributed by atoms with Gasteiger partial charge in [0.25, 0.3) is 0 Å². The highest BCUT2D eigenvalue weighted by molar-refractivity contribution is 5.68. The molecule has 51 heteroatoms. The van der Waals surface area contributed by atoms with Gasteiger partial charge in [0, 0.05) is 23.7 Å². The van der Waals surface area contributed by atoms with Crippen molar-refractivity contribution in [3.8, 4) is 0 Å². The summed E-state index contributed by atoms with van der Waals surface area (Å²) in [4.78, 5) is 11.0. The number of aliphatic carboxylic acids is 1. The fraction of sp³-hybridized carbons (Fsp3) is 0.986. The molecule has 0 spiro atoms. The zero-order chi connectivity index (χ0) is 87.8. The predicted molar refractivity (Wildman–Crippen MR) is 381 cm³/mol. The van der Waals surface area contributed by atoms with Crippen LogP contribution in [0.25, 0.3) is 0 Å². The molecule has 10 saturated heterocycles. The van der Waals surface area contributed by atoms with Crippen LogP contribution >= 0.6 is 0 Å². The van der Waals surface area contributed by atoms with Crippen LogP contribution in [0.2, 0.25) is 0 Å². The first-order valence-corrected chi connectivity index (χ1v) is 38.7. The highest BCUT2D eigenvalue weighted by Crippen LogP contribution is 2.42. The molecule has 0 aromatic heterocycles. The zero-order valence-electron chi connectivity index (χ0n) is 64.5. The Labute approximate surface area is 691 Å². The first kappa shape index (κ1) is 106.